The maximum absolute atomic E-state index is 13.0. The number of carbonyl (C=O) groups is 2. The maximum Gasteiger partial charge on any atom is 0.275 e. The van der Waals surface area contributed by atoms with Crippen LogP contribution in [-0.2, 0) is 13.0 Å². The number of H-pyrrole nitrogens is 1. The summed E-state index contributed by atoms with van der Waals surface area (Å²) < 4.78 is 7.02. The van der Waals surface area contributed by atoms with E-state index in [9.17, 15) is 9.59 Å². The highest BCUT2D eigenvalue weighted by Crippen LogP contribution is 2.19. The Hall–Kier alpha value is -4.80. The van der Waals surface area contributed by atoms with Crippen LogP contribution in [0.2, 0.25) is 0 Å². The predicted octanol–water partition coefficient (Wildman–Crippen LogP) is 3.19. The van der Waals surface area contributed by atoms with Gasteiger partial charge in [0.25, 0.3) is 11.8 Å². The normalized spacial score (nSPS) is 11.0. The summed E-state index contributed by atoms with van der Waals surface area (Å²) in [5.41, 5.74) is 2.70. The summed E-state index contributed by atoms with van der Waals surface area (Å²) in [6.45, 7) is 2.17. The van der Waals surface area contributed by atoms with Gasteiger partial charge in [-0.15, -0.1) is 0 Å². The number of nitrogens with zero attached hydrogens (tertiary/aromatic N) is 6. The lowest BCUT2D eigenvalue weighted by Gasteiger charge is -2.15. The van der Waals surface area contributed by atoms with Crippen molar-refractivity contribution in [2.24, 2.45) is 0 Å². The first-order valence-corrected chi connectivity index (χ1v) is 11.0. The number of hydrogen-bond acceptors (Lipinski definition) is 7. The van der Waals surface area contributed by atoms with Gasteiger partial charge in [0.05, 0.1) is 29.7 Å². The Balaban J connectivity index is 1.31. The van der Waals surface area contributed by atoms with Gasteiger partial charge in [-0.25, -0.2) is 4.98 Å². The highest BCUT2D eigenvalue weighted by Gasteiger charge is 2.24. The van der Waals surface area contributed by atoms with Crippen molar-refractivity contribution in [3.8, 4) is 11.3 Å². The Labute approximate surface area is 199 Å². The molecule has 176 valence electrons. The molecule has 2 N–H and O–H groups in total. The van der Waals surface area contributed by atoms with Gasteiger partial charge in [0.2, 0.25) is 5.78 Å². The summed E-state index contributed by atoms with van der Waals surface area (Å²) >= 11 is 0. The molecule has 4 heterocycles. The number of amides is 2. The average Bonchev–Trinajstić information content (AvgIpc) is 3.63. The lowest BCUT2D eigenvalue weighted by atomic mass is 10.2. The van der Waals surface area contributed by atoms with Crippen molar-refractivity contribution < 1.29 is 14.1 Å². The van der Waals surface area contributed by atoms with Gasteiger partial charge in [0, 0.05) is 31.1 Å². The van der Waals surface area contributed by atoms with Crippen LogP contribution < -0.4 is 5.32 Å². The van der Waals surface area contributed by atoms with Crippen LogP contribution in [0.3, 0.4) is 0 Å². The SMILES string of the molecule is CCc1cc(CN(C)C(=O)c2cn[nH]c2C(=O)Nc2ccn3cc(-c4ccccc4)nc3n2)on1. The summed E-state index contributed by atoms with van der Waals surface area (Å²) in [6, 6.07) is 13.2. The number of nitrogens with one attached hydrogen (secondary N) is 2. The molecule has 11 nitrogen and oxygen atoms in total. The van der Waals surface area contributed by atoms with E-state index in [0.717, 1.165) is 23.4 Å². The molecule has 4 aromatic heterocycles. The van der Waals surface area contributed by atoms with Crippen LogP contribution in [0.5, 0.6) is 0 Å². The van der Waals surface area contributed by atoms with Gasteiger partial charge in [0.15, 0.2) is 5.76 Å². The number of aromatic amines is 1. The molecule has 0 saturated heterocycles. The van der Waals surface area contributed by atoms with Crippen molar-refractivity contribution >= 4 is 23.4 Å². The van der Waals surface area contributed by atoms with E-state index in [1.807, 2.05) is 43.5 Å². The van der Waals surface area contributed by atoms with E-state index in [4.69, 9.17) is 4.52 Å². The summed E-state index contributed by atoms with van der Waals surface area (Å²) in [5.74, 6) is 0.351. The number of fused-ring (bicyclic) bond motifs is 1. The molecule has 35 heavy (non-hydrogen) atoms. The molecule has 11 heteroatoms. The molecule has 1 aromatic carbocycles. The first kappa shape index (κ1) is 22.0. The molecule has 0 spiro atoms. The largest absolute Gasteiger partial charge is 0.359 e. The van der Waals surface area contributed by atoms with Crippen molar-refractivity contribution in [1.29, 1.82) is 0 Å². The number of hydrogen-bond donors (Lipinski definition) is 2. The molecule has 0 atom stereocenters. The van der Waals surface area contributed by atoms with Gasteiger partial charge in [0.1, 0.15) is 11.5 Å². The Morgan fingerprint density at radius 3 is 2.77 bits per heavy atom. The van der Waals surface area contributed by atoms with Gasteiger partial charge in [-0.3, -0.25) is 19.1 Å². The summed E-state index contributed by atoms with van der Waals surface area (Å²) in [5, 5.41) is 13.1. The van der Waals surface area contributed by atoms with Crippen LogP contribution >= 0.6 is 0 Å². The van der Waals surface area contributed by atoms with Gasteiger partial charge < -0.3 is 14.7 Å². The van der Waals surface area contributed by atoms with Gasteiger partial charge in [-0.05, 0) is 12.5 Å². The number of anilines is 1. The van der Waals surface area contributed by atoms with E-state index >= 15 is 0 Å². The number of rotatable bonds is 7. The van der Waals surface area contributed by atoms with Gasteiger partial charge in [-0.1, -0.05) is 42.4 Å². The smallest absolute Gasteiger partial charge is 0.275 e. The third kappa shape index (κ3) is 4.51. The van der Waals surface area contributed by atoms with Crippen LogP contribution in [0.15, 0.2) is 65.6 Å². The molecule has 0 radical (unpaired) electrons. The lowest BCUT2D eigenvalue weighted by Crippen LogP contribution is -2.28. The Bertz CT molecular complexity index is 1500. The molecule has 5 rings (SSSR count). The number of aromatic nitrogens is 6. The molecule has 0 aliphatic heterocycles. The molecular formula is C24H22N8O3. The molecule has 0 unspecified atom stereocenters. The number of carbonyl (C=O) groups excluding carboxylic acids is 2. The lowest BCUT2D eigenvalue weighted by molar-refractivity contribution is 0.0767. The van der Waals surface area contributed by atoms with E-state index in [1.165, 1.54) is 11.1 Å². The topological polar surface area (TPSA) is 134 Å². The van der Waals surface area contributed by atoms with Crippen molar-refractivity contribution in [2.75, 3.05) is 12.4 Å². The fourth-order valence-corrected chi connectivity index (χ4v) is 3.60. The second kappa shape index (κ2) is 9.21. The Morgan fingerprint density at radius 1 is 1.17 bits per heavy atom. The third-order valence-electron chi connectivity index (χ3n) is 5.44. The molecular weight excluding hydrogens is 448 g/mol. The first-order chi connectivity index (χ1) is 17.0. The van der Waals surface area contributed by atoms with Crippen molar-refractivity contribution in [3.05, 3.63) is 83.8 Å². The average molecular weight is 470 g/mol. The van der Waals surface area contributed by atoms with Gasteiger partial charge >= 0.3 is 0 Å². The van der Waals surface area contributed by atoms with E-state index < -0.39 is 5.91 Å². The van der Waals surface area contributed by atoms with E-state index in [0.29, 0.717) is 17.4 Å². The molecule has 0 bridgehead atoms. The minimum atomic E-state index is -0.543. The van der Waals surface area contributed by atoms with Crippen LogP contribution in [-0.4, -0.2) is 53.5 Å². The zero-order valence-corrected chi connectivity index (χ0v) is 19.1. The summed E-state index contributed by atoms with van der Waals surface area (Å²) in [4.78, 5) is 36.3. The van der Waals surface area contributed by atoms with Crippen LogP contribution in [0.25, 0.3) is 17.0 Å². The minimum absolute atomic E-state index is 0.0312. The summed E-state index contributed by atoms with van der Waals surface area (Å²) in [7, 11) is 1.61. The zero-order valence-electron chi connectivity index (χ0n) is 19.1. The fourth-order valence-electron chi connectivity index (χ4n) is 3.60. The molecule has 2 amide bonds. The second-order valence-electron chi connectivity index (χ2n) is 7.92. The van der Waals surface area contributed by atoms with Crippen molar-refractivity contribution in [1.82, 2.24) is 34.6 Å². The van der Waals surface area contributed by atoms with E-state index in [1.54, 1.807) is 29.8 Å². The number of aryl methyl sites for hydroxylation is 1. The molecule has 0 saturated carbocycles. The number of benzene rings is 1. The second-order valence-corrected chi connectivity index (χ2v) is 7.92. The van der Waals surface area contributed by atoms with Crippen molar-refractivity contribution in [3.63, 3.8) is 0 Å². The third-order valence-corrected chi connectivity index (χ3v) is 5.44. The highest BCUT2D eigenvalue weighted by atomic mass is 16.5. The van der Waals surface area contributed by atoms with Crippen LogP contribution in [0, 0.1) is 0 Å². The predicted molar refractivity (Wildman–Crippen MR) is 127 cm³/mol. The molecule has 0 aliphatic carbocycles. The maximum atomic E-state index is 13.0. The Morgan fingerprint density at radius 2 is 2.00 bits per heavy atom. The molecule has 5 aromatic rings. The van der Waals surface area contributed by atoms with Crippen LogP contribution in [0.4, 0.5) is 5.82 Å². The van der Waals surface area contributed by atoms with Gasteiger partial charge in [-0.2, -0.15) is 10.1 Å². The monoisotopic (exact) mass is 470 g/mol. The fraction of sp³-hybridized carbons (Fsp3) is 0.167. The minimum Gasteiger partial charge on any atom is -0.359 e. The first-order valence-electron chi connectivity index (χ1n) is 11.0. The van der Waals surface area contributed by atoms with E-state index in [2.05, 4.69) is 30.6 Å². The molecule has 0 fully saturated rings. The van der Waals surface area contributed by atoms with Crippen LogP contribution in [0.1, 0.15) is 39.2 Å². The summed E-state index contributed by atoms with van der Waals surface area (Å²) in [6.07, 6.45) is 5.68. The van der Waals surface area contributed by atoms with Crippen molar-refractivity contribution in [2.45, 2.75) is 19.9 Å². The van der Waals surface area contributed by atoms with E-state index in [-0.39, 0.29) is 23.7 Å². The zero-order chi connectivity index (χ0) is 24.4. The molecule has 0 aliphatic rings. The Kier molecular flexibility index (Phi) is 5.80. The quantitative estimate of drug-likeness (QED) is 0.373. The standard InChI is InChI=1S/C24H22N8O3/c1-3-16-11-17(35-30-16)13-31(2)23(34)18-12-25-29-21(18)22(33)27-20-9-10-32-14-19(26-24(32)28-20)15-7-5-4-6-8-15/h4-12,14H,3,13H2,1-2H3,(H,25,29)(H,26,27,28,33). The number of imidazole rings is 1. The highest BCUT2D eigenvalue weighted by molar-refractivity contribution is 6.10.